The largest absolute Gasteiger partial charge is 0.388 e. The molecule has 0 fully saturated rings. The summed E-state index contributed by atoms with van der Waals surface area (Å²) in [5.74, 6) is 1.31. The lowest BCUT2D eigenvalue weighted by Gasteiger charge is -2.10. The first-order chi connectivity index (χ1) is 8.24. The first kappa shape index (κ1) is 14.1. The van der Waals surface area contributed by atoms with Crippen LogP contribution in [0.2, 0.25) is 0 Å². The van der Waals surface area contributed by atoms with Crippen LogP contribution >= 0.6 is 11.8 Å². The fraction of sp³-hybridized carbons (Fsp3) is 0.462. The minimum Gasteiger partial charge on any atom is -0.388 e. The predicted octanol–water partition coefficient (Wildman–Crippen LogP) is 1.98. The van der Waals surface area contributed by atoms with Gasteiger partial charge in [-0.3, -0.25) is 4.79 Å². The average molecular weight is 253 g/mol. The Hall–Kier alpha value is -1.00. The molecular weight excluding hydrogens is 234 g/mol. The van der Waals surface area contributed by atoms with Crippen LogP contribution in [0, 0.1) is 0 Å². The zero-order valence-electron chi connectivity index (χ0n) is 10.1. The van der Waals surface area contributed by atoms with E-state index >= 15 is 0 Å². The van der Waals surface area contributed by atoms with Crippen LogP contribution in [0.25, 0.3) is 0 Å². The molecule has 0 spiro atoms. The number of rotatable bonds is 7. The van der Waals surface area contributed by atoms with Crippen molar-refractivity contribution in [1.82, 2.24) is 5.32 Å². The van der Waals surface area contributed by atoms with Gasteiger partial charge in [0.1, 0.15) is 0 Å². The molecule has 0 aromatic heterocycles. The number of thioether (sulfide) groups is 1. The number of aliphatic hydroxyl groups excluding tert-OH is 1. The van der Waals surface area contributed by atoms with Gasteiger partial charge in [0.05, 0.1) is 11.9 Å². The van der Waals surface area contributed by atoms with Crippen LogP contribution in [0.15, 0.2) is 30.3 Å². The third-order valence-corrected chi connectivity index (χ3v) is 3.32. The van der Waals surface area contributed by atoms with Gasteiger partial charge in [-0.1, -0.05) is 30.3 Å². The van der Waals surface area contributed by atoms with Gasteiger partial charge in [0, 0.05) is 6.54 Å². The van der Waals surface area contributed by atoms with E-state index in [1.807, 2.05) is 37.3 Å². The first-order valence-electron chi connectivity index (χ1n) is 5.81. The highest BCUT2D eigenvalue weighted by Crippen LogP contribution is 2.18. The summed E-state index contributed by atoms with van der Waals surface area (Å²) in [6.07, 6.45) is 0.242. The Morgan fingerprint density at radius 3 is 2.76 bits per heavy atom. The predicted molar refractivity (Wildman–Crippen MR) is 72.0 cm³/mol. The summed E-state index contributed by atoms with van der Waals surface area (Å²) in [5, 5.41) is 12.6. The molecule has 1 atom stereocenters. The van der Waals surface area contributed by atoms with Crippen molar-refractivity contribution in [3.05, 3.63) is 35.9 Å². The summed E-state index contributed by atoms with van der Waals surface area (Å²) in [7, 11) is 0. The number of nitrogens with one attached hydrogen (secondary N) is 1. The van der Waals surface area contributed by atoms with Crippen LogP contribution < -0.4 is 5.32 Å². The van der Waals surface area contributed by atoms with Gasteiger partial charge in [-0.25, -0.2) is 0 Å². The number of aliphatic hydroxyl groups is 1. The molecule has 1 aromatic carbocycles. The minimum atomic E-state index is -0.432. The third kappa shape index (κ3) is 5.75. The molecule has 94 valence electrons. The summed E-state index contributed by atoms with van der Waals surface area (Å²) in [4.78, 5) is 11.2. The van der Waals surface area contributed by atoms with Gasteiger partial charge in [-0.15, -0.1) is 0 Å². The van der Waals surface area contributed by atoms with Crippen molar-refractivity contribution >= 4 is 17.7 Å². The molecule has 4 heteroatoms. The first-order valence-corrected chi connectivity index (χ1v) is 6.97. The third-order valence-electron chi connectivity index (χ3n) is 2.33. The molecule has 0 unspecified atom stereocenters. The fourth-order valence-electron chi connectivity index (χ4n) is 1.45. The normalized spacial score (nSPS) is 12.1. The average Bonchev–Trinajstić information content (AvgIpc) is 2.36. The van der Waals surface area contributed by atoms with Crippen molar-refractivity contribution in [3.8, 4) is 0 Å². The van der Waals surface area contributed by atoms with Crippen LogP contribution in [0.1, 0.15) is 25.0 Å². The van der Waals surface area contributed by atoms with E-state index in [9.17, 15) is 9.90 Å². The molecule has 17 heavy (non-hydrogen) atoms. The second-order valence-electron chi connectivity index (χ2n) is 3.72. The molecule has 2 N–H and O–H groups in total. The second-order valence-corrected chi connectivity index (χ2v) is 4.83. The van der Waals surface area contributed by atoms with Gasteiger partial charge >= 0.3 is 0 Å². The maximum atomic E-state index is 11.2. The molecule has 0 saturated carbocycles. The van der Waals surface area contributed by atoms with E-state index in [1.54, 1.807) is 11.8 Å². The highest BCUT2D eigenvalue weighted by atomic mass is 32.2. The van der Waals surface area contributed by atoms with Gasteiger partial charge in [0.25, 0.3) is 0 Å². The number of benzene rings is 1. The maximum Gasteiger partial charge on any atom is 0.229 e. The molecule has 0 aliphatic heterocycles. The van der Waals surface area contributed by atoms with Crippen LogP contribution in [-0.4, -0.2) is 29.1 Å². The summed E-state index contributed by atoms with van der Waals surface area (Å²) in [6, 6.07) is 9.60. The molecule has 1 rings (SSSR count). The van der Waals surface area contributed by atoms with Crippen LogP contribution in [0.4, 0.5) is 0 Å². The Morgan fingerprint density at radius 2 is 2.12 bits per heavy atom. The van der Waals surface area contributed by atoms with Gasteiger partial charge < -0.3 is 10.4 Å². The van der Waals surface area contributed by atoms with Gasteiger partial charge in [0.2, 0.25) is 5.91 Å². The van der Waals surface area contributed by atoms with Crippen molar-refractivity contribution in [1.29, 1.82) is 0 Å². The molecule has 0 radical (unpaired) electrons. The maximum absolute atomic E-state index is 11.2. The van der Waals surface area contributed by atoms with Crippen LogP contribution in [-0.2, 0) is 4.79 Å². The van der Waals surface area contributed by atoms with Gasteiger partial charge in [-0.2, -0.15) is 11.8 Å². The van der Waals surface area contributed by atoms with Crippen molar-refractivity contribution in [2.75, 3.05) is 18.1 Å². The van der Waals surface area contributed by atoms with Crippen molar-refractivity contribution in [2.24, 2.45) is 0 Å². The van der Waals surface area contributed by atoms with E-state index in [0.717, 1.165) is 11.3 Å². The lowest BCUT2D eigenvalue weighted by Crippen LogP contribution is -2.24. The van der Waals surface area contributed by atoms with E-state index in [-0.39, 0.29) is 5.91 Å². The summed E-state index contributed by atoms with van der Waals surface area (Å²) >= 11 is 1.55. The van der Waals surface area contributed by atoms with Gasteiger partial charge in [-0.05, 0) is 24.7 Å². The molecule has 0 aliphatic rings. The summed E-state index contributed by atoms with van der Waals surface area (Å²) < 4.78 is 0. The van der Waals surface area contributed by atoms with Gasteiger partial charge in [0.15, 0.2) is 0 Å². The van der Waals surface area contributed by atoms with Crippen molar-refractivity contribution < 1.29 is 9.90 Å². The molecule has 1 amide bonds. The molecule has 0 heterocycles. The zero-order valence-corrected chi connectivity index (χ0v) is 10.9. The molecule has 1 aromatic rings. The van der Waals surface area contributed by atoms with E-state index in [1.165, 1.54) is 0 Å². The van der Waals surface area contributed by atoms with Crippen molar-refractivity contribution in [3.63, 3.8) is 0 Å². The number of hydrogen-bond acceptors (Lipinski definition) is 3. The number of carbonyl (C=O) groups is 1. The lowest BCUT2D eigenvalue weighted by molar-refractivity contribution is -0.118. The van der Waals surface area contributed by atoms with Crippen LogP contribution in [0.3, 0.4) is 0 Å². The highest BCUT2D eigenvalue weighted by molar-refractivity contribution is 7.99. The topological polar surface area (TPSA) is 49.3 Å². The SMILES string of the molecule is CCNC(=O)CSCC[C@@H](O)c1ccccc1. The Kier molecular flexibility index (Phi) is 6.74. The standard InChI is InChI=1S/C13H19NO2S/c1-2-14-13(16)10-17-9-8-12(15)11-6-4-3-5-7-11/h3-7,12,15H,2,8-10H2,1H3,(H,14,16)/t12-/m1/s1. The minimum absolute atomic E-state index is 0.0618. The molecule has 0 saturated heterocycles. The van der Waals surface area contributed by atoms with E-state index in [0.29, 0.717) is 18.7 Å². The number of hydrogen-bond donors (Lipinski definition) is 2. The zero-order chi connectivity index (χ0) is 12.5. The molecular formula is C13H19NO2S. The molecule has 0 aliphatic carbocycles. The Labute approximate surface area is 107 Å². The monoisotopic (exact) mass is 253 g/mol. The summed E-state index contributed by atoms with van der Waals surface area (Å²) in [6.45, 7) is 2.58. The second kappa shape index (κ2) is 8.14. The number of carbonyl (C=O) groups excluding carboxylic acids is 1. The molecule has 0 bridgehead atoms. The summed E-state index contributed by atoms with van der Waals surface area (Å²) in [5.41, 5.74) is 0.936. The highest BCUT2D eigenvalue weighted by Gasteiger charge is 2.07. The smallest absolute Gasteiger partial charge is 0.229 e. The van der Waals surface area contributed by atoms with E-state index in [4.69, 9.17) is 0 Å². The Bertz CT molecular complexity index is 329. The van der Waals surface area contributed by atoms with E-state index in [2.05, 4.69) is 5.32 Å². The quantitative estimate of drug-likeness (QED) is 0.731. The van der Waals surface area contributed by atoms with Crippen molar-refractivity contribution in [2.45, 2.75) is 19.4 Å². The Balaban J connectivity index is 2.17. The number of amides is 1. The fourth-order valence-corrected chi connectivity index (χ4v) is 2.27. The lowest BCUT2D eigenvalue weighted by atomic mass is 10.1. The van der Waals surface area contributed by atoms with E-state index < -0.39 is 6.10 Å². The Morgan fingerprint density at radius 1 is 1.41 bits per heavy atom. The molecule has 3 nitrogen and oxygen atoms in total. The van der Waals surface area contributed by atoms with Crippen LogP contribution in [0.5, 0.6) is 0 Å².